The lowest BCUT2D eigenvalue weighted by Gasteiger charge is -2.26. The minimum atomic E-state index is -3.70. The molecule has 0 spiro atoms. The van der Waals surface area contributed by atoms with Crippen molar-refractivity contribution in [3.63, 3.8) is 0 Å². The highest BCUT2D eigenvalue weighted by molar-refractivity contribution is 7.89. The molecule has 1 heterocycles. The van der Waals surface area contributed by atoms with Gasteiger partial charge in [0.05, 0.1) is 7.11 Å². The van der Waals surface area contributed by atoms with Crippen LogP contribution >= 0.6 is 11.3 Å². The van der Waals surface area contributed by atoms with Crippen LogP contribution in [-0.2, 0) is 14.8 Å². The molecule has 20 heavy (non-hydrogen) atoms. The van der Waals surface area contributed by atoms with E-state index in [-0.39, 0.29) is 15.2 Å². The van der Waals surface area contributed by atoms with E-state index in [1.54, 1.807) is 12.3 Å². The van der Waals surface area contributed by atoms with Crippen LogP contribution in [0.25, 0.3) is 0 Å². The number of ether oxygens (including phenoxy) is 1. The monoisotopic (exact) mass is 319 g/mol. The van der Waals surface area contributed by atoms with Gasteiger partial charge in [0.15, 0.2) is 0 Å². The molecule has 1 rings (SSSR count). The number of methoxy groups -OCH3 is 1. The van der Waals surface area contributed by atoms with Gasteiger partial charge in [0, 0.05) is 13.6 Å². The molecule has 0 aliphatic heterocycles. The van der Waals surface area contributed by atoms with E-state index in [1.807, 2.05) is 20.8 Å². The zero-order chi connectivity index (χ0) is 15.7. The van der Waals surface area contributed by atoms with Crippen LogP contribution in [0.5, 0.6) is 0 Å². The third-order valence-electron chi connectivity index (χ3n) is 2.65. The number of rotatable bonds is 4. The van der Waals surface area contributed by atoms with E-state index in [2.05, 4.69) is 4.74 Å². The summed E-state index contributed by atoms with van der Waals surface area (Å²) in [4.78, 5) is 11.9. The van der Waals surface area contributed by atoms with E-state index in [4.69, 9.17) is 0 Å². The van der Waals surface area contributed by atoms with Crippen LogP contribution in [0.4, 0.5) is 0 Å². The minimum absolute atomic E-state index is 0.0566. The summed E-state index contributed by atoms with van der Waals surface area (Å²) >= 11 is 1.09. The van der Waals surface area contributed by atoms with Crippen LogP contribution < -0.4 is 0 Å². The summed E-state index contributed by atoms with van der Waals surface area (Å²) in [5, 5.41) is 1.66. The summed E-state index contributed by atoms with van der Waals surface area (Å²) in [6, 6.07) is 0. The van der Waals surface area contributed by atoms with Crippen molar-refractivity contribution in [3.05, 3.63) is 15.8 Å². The average molecular weight is 319 g/mol. The Morgan fingerprint density at radius 2 is 1.95 bits per heavy atom. The molecule has 0 aliphatic carbocycles. The van der Waals surface area contributed by atoms with Gasteiger partial charge in [-0.1, -0.05) is 20.8 Å². The second-order valence-electron chi connectivity index (χ2n) is 5.89. The first-order valence-electron chi connectivity index (χ1n) is 6.13. The largest absolute Gasteiger partial charge is 0.465 e. The van der Waals surface area contributed by atoms with E-state index in [1.165, 1.54) is 18.5 Å². The molecule has 7 heteroatoms. The number of hydrogen-bond acceptors (Lipinski definition) is 5. The van der Waals surface area contributed by atoms with Crippen molar-refractivity contribution in [3.8, 4) is 0 Å². The molecule has 114 valence electrons. The molecule has 1 aromatic rings. The van der Waals surface area contributed by atoms with Crippen molar-refractivity contribution >= 4 is 27.3 Å². The highest BCUT2D eigenvalue weighted by Crippen LogP contribution is 2.30. The molecule has 0 radical (unpaired) electrons. The molecule has 0 atom stereocenters. The first-order chi connectivity index (χ1) is 9.00. The Kier molecular flexibility index (Phi) is 4.99. The van der Waals surface area contributed by atoms with Gasteiger partial charge in [-0.15, -0.1) is 11.3 Å². The smallest absolute Gasteiger partial charge is 0.349 e. The molecule has 5 nitrogen and oxygen atoms in total. The van der Waals surface area contributed by atoms with Crippen LogP contribution in [0, 0.1) is 12.3 Å². The lowest BCUT2D eigenvalue weighted by molar-refractivity contribution is 0.0602. The summed E-state index contributed by atoms with van der Waals surface area (Å²) in [6.45, 7) is 7.92. The molecule has 1 aromatic heterocycles. The Morgan fingerprint density at radius 1 is 1.40 bits per heavy atom. The van der Waals surface area contributed by atoms with Gasteiger partial charge in [-0.05, 0) is 23.3 Å². The maximum Gasteiger partial charge on any atom is 0.349 e. The van der Waals surface area contributed by atoms with Gasteiger partial charge in [0.2, 0.25) is 10.0 Å². The van der Waals surface area contributed by atoms with Gasteiger partial charge in [-0.2, -0.15) is 0 Å². The summed E-state index contributed by atoms with van der Waals surface area (Å²) in [5.74, 6) is -0.620. The van der Waals surface area contributed by atoms with Crippen LogP contribution in [0.15, 0.2) is 10.3 Å². The van der Waals surface area contributed by atoms with Crippen LogP contribution in [0.2, 0.25) is 0 Å². The van der Waals surface area contributed by atoms with Gasteiger partial charge in [0.25, 0.3) is 0 Å². The van der Waals surface area contributed by atoms with E-state index >= 15 is 0 Å². The number of sulfonamides is 1. The summed E-state index contributed by atoms with van der Waals surface area (Å²) in [5.41, 5.74) is 0.396. The number of carbonyl (C=O) groups is 1. The third kappa shape index (κ3) is 3.59. The number of carbonyl (C=O) groups excluding carboxylic acids is 1. The quantitative estimate of drug-likeness (QED) is 0.800. The van der Waals surface area contributed by atoms with Crippen molar-refractivity contribution in [2.24, 2.45) is 5.41 Å². The molecule has 0 fully saturated rings. The molecule has 0 amide bonds. The van der Waals surface area contributed by atoms with E-state index < -0.39 is 16.0 Å². The van der Waals surface area contributed by atoms with Gasteiger partial charge >= 0.3 is 5.97 Å². The standard InChI is InChI=1S/C13H21NO4S2/c1-9-7-19-10(12(15)18-6)11(9)20(16,17)14(5)8-13(2,3)4/h7H,8H2,1-6H3. The lowest BCUT2D eigenvalue weighted by atomic mass is 9.97. The molecule has 0 bridgehead atoms. The predicted octanol–water partition coefficient (Wildman–Crippen LogP) is 2.51. The number of nitrogens with zero attached hydrogens (tertiary/aromatic N) is 1. The first kappa shape index (κ1) is 17.1. The molecular weight excluding hydrogens is 298 g/mol. The number of aryl methyl sites for hydroxylation is 1. The summed E-state index contributed by atoms with van der Waals surface area (Å²) < 4.78 is 31.3. The normalized spacial score (nSPS) is 12.8. The topological polar surface area (TPSA) is 63.7 Å². The highest BCUT2D eigenvalue weighted by Gasteiger charge is 2.32. The lowest BCUT2D eigenvalue weighted by Crippen LogP contribution is -2.35. The first-order valence-corrected chi connectivity index (χ1v) is 8.45. The van der Waals surface area contributed by atoms with Crippen LogP contribution in [-0.4, -0.2) is 39.4 Å². The third-order valence-corrected chi connectivity index (χ3v) is 5.85. The molecule has 0 unspecified atom stereocenters. The van der Waals surface area contributed by atoms with Crippen molar-refractivity contribution in [2.75, 3.05) is 20.7 Å². The zero-order valence-corrected chi connectivity index (χ0v) is 14.3. The molecule has 0 N–H and O–H groups in total. The fourth-order valence-electron chi connectivity index (χ4n) is 1.90. The zero-order valence-electron chi connectivity index (χ0n) is 12.7. The maximum atomic E-state index is 12.7. The van der Waals surface area contributed by atoms with Gasteiger partial charge in [-0.25, -0.2) is 17.5 Å². The molecule has 0 saturated heterocycles. The second-order valence-corrected chi connectivity index (χ2v) is 8.75. The average Bonchev–Trinajstić information content (AvgIpc) is 2.68. The number of thiophene rings is 1. The molecule has 0 aliphatic rings. The Morgan fingerprint density at radius 3 is 2.40 bits per heavy atom. The second kappa shape index (κ2) is 5.83. The van der Waals surface area contributed by atoms with Crippen molar-refractivity contribution in [1.82, 2.24) is 4.31 Å². The van der Waals surface area contributed by atoms with Crippen molar-refractivity contribution < 1.29 is 17.9 Å². The van der Waals surface area contributed by atoms with Gasteiger partial charge in [0.1, 0.15) is 9.77 Å². The summed E-state index contributed by atoms with van der Waals surface area (Å²) in [7, 11) is -0.933. The molecule has 0 aromatic carbocycles. The maximum absolute atomic E-state index is 12.7. The molecule has 0 saturated carbocycles. The van der Waals surface area contributed by atoms with Gasteiger partial charge < -0.3 is 4.74 Å². The van der Waals surface area contributed by atoms with Crippen LogP contribution in [0.3, 0.4) is 0 Å². The Hall–Kier alpha value is -0.920. The van der Waals surface area contributed by atoms with E-state index in [0.29, 0.717) is 12.1 Å². The fourth-order valence-corrected chi connectivity index (χ4v) is 4.94. The van der Waals surface area contributed by atoms with Crippen molar-refractivity contribution in [2.45, 2.75) is 32.6 Å². The SMILES string of the molecule is COC(=O)c1scc(C)c1S(=O)(=O)N(C)CC(C)(C)C. The highest BCUT2D eigenvalue weighted by atomic mass is 32.2. The minimum Gasteiger partial charge on any atom is -0.465 e. The number of esters is 1. The van der Waals surface area contributed by atoms with Gasteiger partial charge in [-0.3, -0.25) is 0 Å². The summed E-state index contributed by atoms with van der Waals surface area (Å²) in [6.07, 6.45) is 0. The number of hydrogen-bond donors (Lipinski definition) is 0. The van der Waals surface area contributed by atoms with Crippen molar-refractivity contribution in [1.29, 1.82) is 0 Å². The van der Waals surface area contributed by atoms with E-state index in [9.17, 15) is 13.2 Å². The fraction of sp³-hybridized carbons (Fsp3) is 0.615. The van der Waals surface area contributed by atoms with Crippen LogP contribution in [0.1, 0.15) is 36.0 Å². The predicted molar refractivity (Wildman–Crippen MR) is 79.7 cm³/mol. The molecular formula is C13H21NO4S2. The van der Waals surface area contributed by atoms with E-state index in [0.717, 1.165) is 11.3 Å². The Labute approximate surface area is 124 Å². The Balaban J connectivity index is 3.29. The Bertz CT molecular complexity index is 596.